The summed E-state index contributed by atoms with van der Waals surface area (Å²) in [5, 5.41) is 4.55. The molecule has 1 aromatic carbocycles. The third-order valence-electron chi connectivity index (χ3n) is 2.25. The second-order valence-corrected chi connectivity index (χ2v) is 3.41. The standard InChI is InChI=1S/C11H11N3O2/c12-6-8-3-1-7(2-4-8)5-9-10(15)14-11(16)13-9/h1-5H,6,12H2,(H2,13,14,15,16)/b9-5-. The van der Waals surface area contributed by atoms with E-state index in [1.807, 2.05) is 24.3 Å². The number of hydrogen-bond donors (Lipinski definition) is 3. The Bertz CT molecular complexity index is 463. The van der Waals surface area contributed by atoms with E-state index in [1.165, 1.54) is 0 Å². The van der Waals surface area contributed by atoms with Gasteiger partial charge in [0.05, 0.1) is 0 Å². The predicted molar refractivity (Wildman–Crippen MR) is 59.0 cm³/mol. The second kappa shape index (κ2) is 4.16. The van der Waals surface area contributed by atoms with E-state index in [-0.39, 0.29) is 5.70 Å². The molecule has 1 aliphatic heterocycles. The fourth-order valence-corrected chi connectivity index (χ4v) is 1.40. The third-order valence-corrected chi connectivity index (χ3v) is 2.25. The van der Waals surface area contributed by atoms with Crippen LogP contribution < -0.4 is 16.4 Å². The number of amides is 3. The van der Waals surface area contributed by atoms with Crippen molar-refractivity contribution >= 4 is 18.0 Å². The maximum Gasteiger partial charge on any atom is 0.326 e. The van der Waals surface area contributed by atoms with E-state index in [1.54, 1.807) is 6.08 Å². The van der Waals surface area contributed by atoms with Gasteiger partial charge in [-0.3, -0.25) is 10.1 Å². The summed E-state index contributed by atoms with van der Waals surface area (Å²) in [6.45, 7) is 0.480. The van der Waals surface area contributed by atoms with E-state index in [0.29, 0.717) is 6.54 Å². The molecule has 0 aromatic heterocycles. The van der Waals surface area contributed by atoms with Crippen molar-refractivity contribution in [3.8, 4) is 0 Å². The first-order chi connectivity index (χ1) is 7.69. The van der Waals surface area contributed by atoms with Gasteiger partial charge in [0.2, 0.25) is 0 Å². The van der Waals surface area contributed by atoms with Crippen LogP contribution in [0.4, 0.5) is 4.79 Å². The molecular weight excluding hydrogens is 206 g/mol. The topological polar surface area (TPSA) is 84.2 Å². The highest BCUT2D eigenvalue weighted by Crippen LogP contribution is 2.09. The molecule has 2 rings (SSSR count). The normalized spacial score (nSPS) is 17.4. The molecule has 4 N–H and O–H groups in total. The van der Waals surface area contributed by atoms with Gasteiger partial charge in [-0.2, -0.15) is 0 Å². The molecule has 5 heteroatoms. The zero-order valence-electron chi connectivity index (χ0n) is 8.49. The fraction of sp³-hybridized carbons (Fsp3) is 0.0909. The number of hydrogen-bond acceptors (Lipinski definition) is 3. The molecule has 82 valence electrons. The van der Waals surface area contributed by atoms with E-state index >= 15 is 0 Å². The lowest BCUT2D eigenvalue weighted by molar-refractivity contribution is -0.115. The Balaban J connectivity index is 2.22. The highest BCUT2D eigenvalue weighted by atomic mass is 16.2. The number of carbonyl (C=O) groups excluding carboxylic acids is 2. The smallest absolute Gasteiger partial charge is 0.326 e. The van der Waals surface area contributed by atoms with Gasteiger partial charge >= 0.3 is 6.03 Å². The lowest BCUT2D eigenvalue weighted by Gasteiger charge is -1.98. The largest absolute Gasteiger partial charge is 0.326 e. The highest BCUT2D eigenvalue weighted by Gasteiger charge is 2.22. The van der Waals surface area contributed by atoms with Gasteiger partial charge in [-0.1, -0.05) is 24.3 Å². The van der Waals surface area contributed by atoms with E-state index in [4.69, 9.17) is 5.73 Å². The van der Waals surface area contributed by atoms with Gasteiger partial charge in [-0.05, 0) is 17.2 Å². The highest BCUT2D eigenvalue weighted by molar-refractivity contribution is 6.13. The minimum Gasteiger partial charge on any atom is -0.326 e. The van der Waals surface area contributed by atoms with Crippen LogP contribution in [-0.4, -0.2) is 11.9 Å². The Morgan fingerprint density at radius 1 is 1.12 bits per heavy atom. The van der Waals surface area contributed by atoms with Crippen molar-refractivity contribution < 1.29 is 9.59 Å². The van der Waals surface area contributed by atoms with Crippen molar-refractivity contribution in [2.24, 2.45) is 5.73 Å². The predicted octanol–water partition coefficient (Wildman–Crippen LogP) is 0.326. The zero-order chi connectivity index (χ0) is 11.5. The van der Waals surface area contributed by atoms with Gasteiger partial charge < -0.3 is 11.1 Å². The molecule has 1 aliphatic rings. The Morgan fingerprint density at radius 2 is 1.81 bits per heavy atom. The van der Waals surface area contributed by atoms with Gasteiger partial charge in [0.25, 0.3) is 5.91 Å². The minimum absolute atomic E-state index is 0.255. The summed E-state index contributed by atoms with van der Waals surface area (Å²) in [6, 6.07) is 6.94. The van der Waals surface area contributed by atoms with Crippen molar-refractivity contribution in [2.75, 3.05) is 0 Å². The average molecular weight is 217 g/mol. The average Bonchev–Trinajstić information content (AvgIpc) is 2.59. The number of benzene rings is 1. The van der Waals surface area contributed by atoms with Gasteiger partial charge in [-0.25, -0.2) is 4.79 Å². The van der Waals surface area contributed by atoms with Crippen LogP contribution in [0.25, 0.3) is 6.08 Å². The van der Waals surface area contributed by atoms with Gasteiger partial charge in [0.15, 0.2) is 0 Å². The molecule has 1 saturated heterocycles. The number of nitrogens with one attached hydrogen (secondary N) is 2. The van der Waals surface area contributed by atoms with Crippen molar-refractivity contribution in [1.82, 2.24) is 10.6 Å². The maximum atomic E-state index is 11.2. The van der Waals surface area contributed by atoms with E-state index in [9.17, 15) is 9.59 Å². The summed E-state index contributed by atoms with van der Waals surface area (Å²) in [6.07, 6.45) is 1.61. The van der Waals surface area contributed by atoms with Gasteiger partial charge in [0, 0.05) is 6.54 Å². The Labute approximate surface area is 92.3 Å². The van der Waals surface area contributed by atoms with E-state index in [2.05, 4.69) is 10.6 Å². The Kier molecular flexibility index (Phi) is 2.70. The molecule has 0 bridgehead atoms. The van der Waals surface area contributed by atoms with Gasteiger partial charge in [0.1, 0.15) is 5.70 Å². The monoisotopic (exact) mass is 217 g/mol. The van der Waals surface area contributed by atoms with Crippen LogP contribution in [-0.2, 0) is 11.3 Å². The first-order valence-corrected chi connectivity index (χ1v) is 4.82. The maximum absolute atomic E-state index is 11.2. The quantitative estimate of drug-likeness (QED) is 0.493. The van der Waals surface area contributed by atoms with E-state index < -0.39 is 11.9 Å². The molecule has 16 heavy (non-hydrogen) atoms. The van der Waals surface area contributed by atoms with Gasteiger partial charge in [-0.15, -0.1) is 0 Å². The number of carbonyl (C=O) groups is 2. The molecule has 0 atom stereocenters. The molecule has 1 fully saturated rings. The van der Waals surface area contributed by atoms with Crippen molar-refractivity contribution in [1.29, 1.82) is 0 Å². The molecule has 0 spiro atoms. The van der Waals surface area contributed by atoms with Crippen LogP contribution in [0, 0.1) is 0 Å². The summed E-state index contributed by atoms with van der Waals surface area (Å²) in [5.41, 5.74) is 7.58. The first-order valence-electron chi connectivity index (χ1n) is 4.82. The van der Waals surface area contributed by atoms with Crippen LogP contribution in [0.1, 0.15) is 11.1 Å². The number of nitrogens with two attached hydrogens (primary N) is 1. The molecule has 3 amide bonds. The SMILES string of the molecule is NCc1ccc(/C=C2\NC(=O)NC2=O)cc1. The molecule has 1 heterocycles. The Hall–Kier alpha value is -2.14. The van der Waals surface area contributed by atoms with Crippen LogP contribution in [0.5, 0.6) is 0 Å². The summed E-state index contributed by atoms with van der Waals surface area (Å²) in [7, 11) is 0. The van der Waals surface area contributed by atoms with Crippen molar-refractivity contribution in [3.63, 3.8) is 0 Å². The Morgan fingerprint density at radius 3 is 2.31 bits per heavy atom. The zero-order valence-corrected chi connectivity index (χ0v) is 8.49. The summed E-state index contributed by atoms with van der Waals surface area (Å²) in [5.74, 6) is -0.409. The summed E-state index contributed by atoms with van der Waals surface area (Å²) in [4.78, 5) is 22.1. The molecule has 0 aliphatic carbocycles. The molecular formula is C11H11N3O2. The molecule has 1 aromatic rings. The van der Waals surface area contributed by atoms with Crippen molar-refractivity contribution in [2.45, 2.75) is 6.54 Å². The van der Waals surface area contributed by atoms with Crippen molar-refractivity contribution in [3.05, 3.63) is 41.1 Å². The molecule has 5 nitrogen and oxygen atoms in total. The summed E-state index contributed by atoms with van der Waals surface area (Å²) >= 11 is 0. The van der Waals surface area contributed by atoms with Crippen LogP contribution in [0.3, 0.4) is 0 Å². The molecule has 0 radical (unpaired) electrons. The lowest BCUT2D eigenvalue weighted by atomic mass is 10.1. The second-order valence-electron chi connectivity index (χ2n) is 3.41. The molecule has 0 unspecified atom stereocenters. The lowest BCUT2D eigenvalue weighted by Crippen LogP contribution is -2.22. The number of urea groups is 1. The third kappa shape index (κ3) is 2.09. The summed E-state index contributed by atoms with van der Waals surface area (Å²) < 4.78 is 0. The number of imide groups is 1. The molecule has 0 saturated carbocycles. The van der Waals surface area contributed by atoms with Crippen LogP contribution in [0.2, 0.25) is 0 Å². The van der Waals surface area contributed by atoms with Crippen LogP contribution in [0.15, 0.2) is 30.0 Å². The minimum atomic E-state index is -0.491. The van der Waals surface area contributed by atoms with Crippen LogP contribution >= 0.6 is 0 Å². The van der Waals surface area contributed by atoms with E-state index in [0.717, 1.165) is 11.1 Å². The number of rotatable bonds is 2. The first kappa shape index (κ1) is 10.4. The fourth-order valence-electron chi connectivity index (χ4n) is 1.40.